The minimum atomic E-state index is -4.38. The minimum absolute atomic E-state index is 0.0682. The van der Waals surface area contributed by atoms with Gasteiger partial charge in [-0.15, -0.1) is 9.24 Å². The highest BCUT2D eigenvalue weighted by Gasteiger charge is 2.30. The predicted octanol–water partition coefficient (Wildman–Crippen LogP) is 6.90. The number of ether oxygens (including phenoxy) is 1. The lowest BCUT2D eigenvalue weighted by Gasteiger charge is -2.20. The van der Waals surface area contributed by atoms with E-state index in [1.165, 1.54) is 0 Å². The summed E-state index contributed by atoms with van der Waals surface area (Å²) in [6.45, 7) is 2.14. The number of nitrogens with zero attached hydrogens (tertiary/aromatic N) is 1. The molecule has 5 rings (SSSR count). The number of nitrogen functional groups attached to an aromatic ring is 1. The number of allylic oxidation sites excluding steroid dienone is 1. The first-order chi connectivity index (χ1) is 18.7. The normalized spacial score (nSPS) is 18.2. The first-order valence-corrected chi connectivity index (χ1v) is 14.0. The molecule has 0 aromatic heterocycles. The Morgan fingerprint density at radius 3 is 2.36 bits per heavy atom. The molecule has 1 fully saturated rings. The maximum absolute atomic E-state index is 13.3. The van der Waals surface area contributed by atoms with E-state index in [0.717, 1.165) is 102 Å². The first-order valence-electron chi connectivity index (χ1n) is 13.4. The van der Waals surface area contributed by atoms with Crippen LogP contribution >= 0.6 is 9.24 Å². The summed E-state index contributed by atoms with van der Waals surface area (Å²) in [5, 5.41) is 0.970. The van der Waals surface area contributed by atoms with E-state index in [2.05, 4.69) is 14.1 Å². The summed E-state index contributed by atoms with van der Waals surface area (Å²) in [5.41, 5.74) is 12.3. The molecule has 8 heteroatoms. The number of nitrogens with two attached hydrogens (primary N) is 1. The number of hydrogen-bond acceptors (Lipinski definition) is 3. The Bertz CT molecular complexity index is 1340. The Morgan fingerprint density at radius 2 is 1.67 bits per heavy atom. The summed E-state index contributed by atoms with van der Waals surface area (Å²) < 4.78 is 58.5. The van der Waals surface area contributed by atoms with E-state index in [1.807, 2.05) is 36.4 Å². The van der Waals surface area contributed by atoms with Crippen LogP contribution in [0.1, 0.15) is 53.5 Å². The quantitative estimate of drug-likeness (QED) is 0.196. The molecule has 1 aliphatic heterocycles. The van der Waals surface area contributed by atoms with Crippen LogP contribution < -0.4 is 15.8 Å². The molecule has 1 saturated heterocycles. The maximum atomic E-state index is 13.3. The number of halogens is 4. The summed E-state index contributed by atoms with van der Waals surface area (Å²) in [7, 11) is 2.76. The van der Waals surface area contributed by atoms with Crippen molar-refractivity contribution in [3.63, 3.8) is 0 Å². The van der Waals surface area contributed by atoms with Crippen molar-refractivity contribution in [1.82, 2.24) is 4.90 Å². The topological polar surface area (TPSA) is 38.5 Å². The highest BCUT2D eigenvalue weighted by Crippen LogP contribution is 2.41. The van der Waals surface area contributed by atoms with Gasteiger partial charge < -0.3 is 10.5 Å². The molecule has 3 nitrogen and oxygen atoms in total. The summed E-state index contributed by atoms with van der Waals surface area (Å²) in [6, 6.07) is 17.4. The number of fused-ring (bicyclic) bond motifs is 1. The molecule has 0 radical (unpaired) electrons. The monoisotopic (exact) mass is 556 g/mol. The Morgan fingerprint density at radius 1 is 0.949 bits per heavy atom. The molecule has 1 heterocycles. The van der Waals surface area contributed by atoms with Crippen molar-refractivity contribution in [2.75, 3.05) is 32.0 Å². The van der Waals surface area contributed by atoms with Gasteiger partial charge in [0.1, 0.15) is 11.9 Å². The van der Waals surface area contributed by atoms with Crippen LogP contribution in [0.3, 0.4) is 0 Å². The van der Waals surface area contributed by atoms with Gasteiger partial charge in [0.05, 0.1) is 12.2 Å². The third-order valence-corrected chi connectivity index (χ3v) is 8.34. The van der Waals surface area contributed by atoms with Gasteiger partial charge >= 0.3 is 6.18 Å². The van der Waals surface area contributed by atoms with Crippen LogP contribution in [0, 0.1) is 0 Å². The fourth-order valence-corrected chi connectivity index (χ4v) is 6.06. The van der Waals surface area contributed by atoms with Crippen molar-refractivity contribution >= 4 is 31.4 Å². The van der Waals surface area contributed by atoms with Crippen LogP contribution in [0.25, 0.3) is 11.1 Å². The van der Waals surface area contributed by atoms with Crippen LogP contribution in [0.2, 0.25) is 0 Å². The lowest BCUT2D eigenvalue weighted by atomic mass is 9.87. The van der Waals surface area contributed by atoms with E-state index in [1.54, 1.807) is 12.1 Å². The summed E-state index contributed by atoms with van der Waals surface area (Å²) >= 11 is 0. The molecule has 3 aromatic rings. The van der Waals surface area contributed by atoms with E-state index in [-0.39, 0.29) is 12.8 Å². The molecule has 39 heavy (non-hydrogen) atoms. The number of likely N-dealkylation sites (tertiary alicyclic amines) is 1. The number of rotatable bonds is 7. The average Bonchev–Trinajstić information content (AvgIpc) is 3.27. The van der Waals surface area contributed by atoms with Crippen molar-refractivity contribution in [3.8, 4) is 5.75 Å². The van der Waals surface area contributed by atoms with Gasteiger partial charge in [-0.3, -0.25) is 9.29 Å². The zero-order valence-electron chi connectivity index (χ0n) is 21.7. The SMILES string of the molecule is Nc1ccc2c(c1P)CCCC(c1ccc(C(F)(F)F)cc1)=C2c1ccc(OC2CCN(CCCF)C2)cc1. The van der Waals surface area contributed by atoms with E-state index >= 15 is 0 Å². The van der Waals surface area contributed by atoms with Crippen LogP contribution in [0.15, 0.2) is 60.7 Å². The summed E-state index contributed by atoms with van der Waals surface area (Å²) in [6.07, 6.45) is -0.440. The predicted molar refractivity (Wildman–Crippen MR) is 153 cm³/mol. The van der Waals surface area contributed by atoms with Crippen LogP contribution in [0.4, 0.5) is 23.2 Å². The fraction of sp³-hybridized carbons (Fsp3) is 0.355. The van der Waals surface area contributed by atoms with E-state index < -0.39 is 11.7 Å². The standard InChI is InChI=1S/C31H33F4N2OP/c32-16-2-17-37-18-15-24(19-37)38-23-11-7-21(8-12-23)29-25(20-5-9-22(10-6-20)31(33,34)35)3-1-4-27-26(29)13-14-28(36)30(27)39/h5-14,24H,1-4,15-19,36,39H2. The Balaban J connectivity index is 1.50. The molecule has 0 amide bonds. The lowest BCUT2D eigenvalue weighted by molar-refractivity contribution is -0.137. The van der Waals surface area contributed by atoms with Crippen LogP contribution in [0.5, 0.6) is 5.75 Å². The molecule has 2 N–H and O–H groups in total. The number of anilines is 1. The average molecular weight is 557 g/mol. The molecule has 0 bridgehead atoms. The molecule has 0 saturated carbocycles. The van der Waals surface area contributed by atoms with Crippen molar-refractivity contribution in [2.45, 2.75) is 44.4 Å². The van der Waals surface area contributed by atoms with Gasteiger partial charge in [-0.2, -0.15) is 13.2 Å². The van der Waals surface area contributed by atoms with Gasteiger partial charge in [-0.05, 0) is 101 Å². The molecule has 2 unspecified atom stereocenters. The van der Waals surface area contributed by atoms with Gasteiger partial charge in [0.2, 0.25) is 0 Å². The number of alkyl halides is 4. The zero-order valence-corrected chi connectivity index (χ0v) is 22.9. The number of hydrogen-bond donors (Lipinski definition) is 1. The zero-order chi connectivity index (χ0) is 27.6. The smallest absolute Gasteiger partial charge is 0.416 e. The Hall–Kier alpha value is -2.89. The molecular formula is C31H33F4N2OP. The second-order valence-electron chi connectivity index (χ2n) is 10.3. The molecule has 2 aliphatic rings. The third-order valence-electron chi connectivity index (χ3n) is 7.66. The molecule has 2 atom stereocenters. The van der Waals surface area contributed by atoms with Crippen molar-refractivity contribution in [3.05, 3.63) is 88.5 Å². The van der Waals surface area contributed by atoms with Crippen LogP contribution in [-0.4, -0.2) is 37.3 Å². The van der Waals surface area contributed by atoms with E-state index in [9.17, 15) is 17.6 Å². The number of benzene rings is 3. The van der Waals surface area contributed by atoms with Gasteiger partial charge in [0.15, 0.2) is 0 Å². The van der Waals surface area contributed by atoms with E-state index in [4.69, 9.17) is 10.5 Å². The Labute approximate surface area is 229 Å². The van der Waals surface area contributed by atoms with Crippen molar-refractivity contribution in [2.24, 2.45) is 0 Å². The van der Waals surface area contributed by atoms with Crippen molar-refractivity contribution < 1.29 is 22.3 Å². The molecule has 206 valence electrons. The highest BCUT2D eigenvalue weighted by atomic mass is 31.0. The molecular weight excluding hydrogens is 523 g/mol. The molecule has 1 aliphatic carbocycles. The molecule has 0 spiro atoms. The van der Waals surface area contributed by atoms with E-state index in [0.29, 0.717) is 12.1 Å². The van der Waals surface area contributed by atoms with Gasteiger partial charge in [0, 0.05) is 25.3 Å². The van der Waals surface area contributed by atoms with Crippen molar-refractivity contribution in [1.29, 1.82) is 0 Å². The van der Waals surface area contributed by atoms with Gasteiger partial charge in [0.25, 0.3) is 0 Å². The lowest BCUT2D eigenvalue weighted by Crippen LogP contribution is -2.26. The minimum Gasteiger partial charge on any atom is -0.489 e. The van der Waals surface area contributed by atoms with Gasteiger partial charge in [-0.1, -0.05) is 30.3 Å². The maximum Gasteiger partial charge on any atom is 0.416 e. The largest absolute Gasteiger partial charge is 0.489 e. The third kappa shape index (κ3) is 6.15. The van der Waals surface area contributed by atoms with Gasteiger partial charge in [-0.25, -0.2) is 0 Å². The second-order valence-corrected chi connectivity index (χ2v) is 10.9. The Kier molecular flexibility index (Phi) is 8.29. The van der Waals surface area contributed by atoms with Crippen LogP contribution in [-0.2, 0) is 12.6 Å². The fourth-order valence-electron chi connectivity index (χ4n) is 5.67. The summed E-state index contributed by atoms with van der Waals surface area (Å²) in [4.78, 5) is 2.23. The highest BCUT2D eigenvalue weighted by molar-refractivity contribution is 7.28. The first kappa shape index (κ1) is 27.7. The second kappa shape index (κ2) is 11.7. The summed E-state index contributed by atoms with van der Waals surface area (Å²) in [5.74, 6) is 0.769. The molecule has 3 aromatic carbocycles.